The van der Waals surface area contributed by atoms with Gasteiger partial charge in [-0.15, -0.1) is 0 Å². The second-order valence-electron chi connectivity index (χ2n) is 9.17. The predicted octanol–water partition coefficient (Wildman–Crippen LogP) is 5.43. The van der Waals surface area contributed by atoms with Crippen LogP contribution < -0.4 is 21.3 Å². The summed E-state index contributed by atoms with van der Waals surface area (Å²) in [5, 5.41) is 3.32. The molecule has 0 aliphatic heterocycles. The van der Waals surface area contributed by atoms with E-state index in [0.717, 1.165) is 5.56 Å². The van der Waals surface area contributed by atoms with Gasteiger partial charge < -0.3 is 15.8 Å². The smallest absolute Gasteiger partial charge is 0.252 e. The number of nitrogens with two attached hydrogens (primary N) is 1. The number of hydrogen-bond acceptors (Lipinski definition) is 6. The van der Waals surface area contributed by atoms with E-state index in [0.29, 0.717) is 44.4 Å². The molecule has 0 bridgehead atoms. The molecule has 1 aromatic heterocycles. The van der Waals surface area contributed by atoms with Gasteiger partial charge in [0.2, 0.25) is 5.91 Å². The number of aliphatic imine (C=N–C) groups is 1. The van der Waals surface area contributed by atoms with Crippen molar-refractivity contribution in [2.24, 2.45) is 4.99 Å². The van der Waals surface area contributed by atoms with Crippen LogP contribution in [-0.2, 0) is 11.2 Å². The van der Waals surface area contributed by atoms with E-state index in [1.54, 1.807) is 49.7 Å². The number of amides is 1. The fraction of sp³-hybridized carbons (Fsp3) is 0.161. The van der Waals surface area contributed by atoms with Gasteiger partial charge in [-0.3, -0.25) is 23.9 Å². The highest BCUT2D eigenvalue weighted by molar-refractivity contribution is 6.31. The van der Waals surface area contributed by atoms with Crippen molar-refractivity contribution < 1.29 is 14.3 Å². The number of nitrogen functional groups attached to an aromatic ring is 1. The maximum Gasteiger partial charge on any atom is 0.252 e. The van der Waals surface area contributed by atoms with E-state index in [1.165, 1.54) is 30.9 Å². The van der Waals surface area contributed by atoms with Gasteiger partial charge in [0.05, 0.1) is 13.3 Å². The van der Waals surface area contributed by atoms with Crippen molar-refractivity contribution in [2.45, 2.75) is 19.4 Å². The molecule has 40 heavy (non-hydrogen) atoms. The molecule has 0 radical (unpaired) electrons. The van der Waals surface area contributed by atoms with Gasteiger partial charge >= 0.3 is 0 Å². The normalized spacial score (nSPS) is 11.8. The molecule has 4 aromatic rings. The summed E-state index contributed by atoms with van der Waals surface area (Å²) < 4.78 is 6.99. The van der Waals surface area contributed by atoms with Gasteiger partial charge in [-0.05, 0) is 54.4 Å². The minimum absolute atomic E-state index is 0.185. The highest BCUT2D eigenvalue weighted by atomic mass is 35.5. The van der Waals surface area contributed by atoms with Crippen LogP contribution in [0.5, 0.6) is 5.75 Å². The Morgan fingerprint density at radius 2 is 1.82 bits per heavy atom. The van der Waals surface area contributed by atoms with Gasteiger partial charge in [-0.2, -0.15) is 0 Å². The number of rotatable bonds is 9. The molecule has 4 rings (SSSR count). The van der Waals surface area contributed by atoms with Crippen molar-refractivity contribution in [3.8, 4) is 16.9 Å². The summed E-state index contributed by atoms with van der Waals surface area (Å²) in [7, 11) is 3.09. The van der Waals surface area contributed by atoms with Crippen LogP contribution in [0.2, 0.25) is 5.02 Å². The van der Waals surface area contributed by atoms with E-state index in [1.807, 2.05) is 30.3 Å². The Labute approximate surface area is 237 Å². The van der Waals surface area contributed by atoms with Gasteiger partial charge in [0, 0.05) is 58.8 Å². The minimum atomic E-state index is -0.926. The molecule has 9 heteroatoms. The van der Waals surface area contributed by atoms with Gasteiger partial charge in [-0.25, -0.2) is 0 Å². The van der Waals surface area contributed by atoms with Crippen LogP contribution >= 0.6 is 11.6 Å². The second-order valence-corrected chi connectivity index (χ2v) is 9.61. The van der Waals surface area contributed by atoms with Crippen molar-refractivity contribution in [3.05, 3.63) is 111 Å². The number of carbonyl (C=O) groups is 2. The van der Waals surface area contributed by atoms with E-state index in [-0.39, 0.29) is 12.2 Å². The average molecular weight is 557 g/mol. The lowest BCUT2D eigenvalue weighted by atomic mass is 9.97. The Morgan fingerprint density at radius 3 is 2.50 bits per heavy atom. The summed E-state index contributed by atoms with van der Waals surface area (Å²) >= 11 is 6.23. The second kappa shape index (κ2) is 12.4. The number of aromatic nitrogens is 1. The number of nitrogens with zero attached hydrogens (tertiary/aromatic N) is 2. The number of methoxy groups -OCH3 is 1. The number of halogens is 1. The van der Waals surface area contributed by atoms with Crippen LogP contribution in [0.3, 0.4) is 0 Å². The van der Waals surface area contributed by atoms with Gasteiger partial charge in [-0.1, -0.05) is 41.9 Å². The predicted molar refractivity (Wildman–Crippen MR) is 160 cm³/mol. The Kier molecular flexibility index (Phi) is 8.81. The van der Waals surface area contributed by atoms with Crippen LogP contribution in [-0.4, -0.2) is 36.6 Å². The average Bonchev–Trinajstić information content (AvgIpc) is 2.94. The third-order valence-electron chi connectivity index (χ3n) is 6.45. The first-order valence-corrected chi connectivity index (χ1v) is 12.9. The fourth-order valence-corrected chi connectivity index (χ4v) is 4.65. The van der Waals surface area contributed by atoms with Gasteiger partial charge in [0.15, 0.2) is 5.78 Å². The van der Waals surface area contributed by atoms with E-state index < -0.39 is 17.5 Å². The summed E-state index contributed by atoms with van der Waals surface area (Å²) in [6, 6.07) is 19.8. The van der Waals surface area contributed by atoms with E-state index in [9.17, 15) is 14.4 Å². The fourth-order valence-electron chi connectivity index (χ4n) is 4.48. The Morgan fingerprint density at radius 1 is 1.07 bits per heavy atom. The molecule has 0 saturated heterocycles. The standard InChI is InChI=1S/C31H29ClN4O4/c1-19(37)24-11-9-22(32)15-25(24)26-16-30(38)36(18-29(26)40-3)28(13-20-7-5-4-6-8-20)31(39)35-23-10-12-27(33)21(14-23)17-34-2/h4-12,14-18,28H,13,33H2,1-3H3,(H,35,39)/t28-/m1/s1. The van der Waals surface area contributed by atoms with Crippen LogP contribution in [0, 0.1) is 0 Å². The van der Waals surface area contributed by atoms with E-state index in [2.05, 4.69) is 10.3 Å². The Hall–Kier alpha value is -4.69. The zero-order valence-electron chi connectivity index (χ0n) is 22.4. The number of ketones is 1. The van der Waals surface area contributed by atoms with Crippen molar-refractivity contribution in [2.75, 3.05) is 25.2 Å². The van der Waals surface area contributed by atoms with Crippen molar-refractivity contribution in [1.82, 2.24) is 4.57 Å². The monoisotopic (exact) mass is 556 g/mol. The molecular weight excluding hydrogens is 528 g/mol. The lowest BCUT2D eigenvalue weighted by Gasteiger charge is -2.22. The third kappa shape index (κ3) is 6.30. The van der Waals surface area contributed by atoms with Crippen LogP contribution in [0.4, 0.5) is 11.4 Å². The molecule has 0 saturated carbocycles. The zero-order valence-corrected chi connectivity index (χ0v) is 23.1. The molecule has 0 aliphatic rings. The van der Waals surface area contributed by atoms with Crippen LogP contribution in [0.15, 0.2) is 88.8 Å². The highest BCUT2D eigenvalue weighted by Crippen LogP contribution is 2.34. The molecular formula is C31H29ClN4O4. The maximum absolute atomic E-state index is 13.7. The number of ether oxygens (including phenoxy) is 1. The zero-order chi connectivity index (χ0) is 28.8. The van der Waals surface area contributed by atoms with E-state index in [4.69, 9.17) is 22.1 Å². The Bertz CT molecular complexity index is 1650. The van der Waals surface area contributed by atoms with Gasteiger partial charge in [0.1, 0.15) is 11.8 Å². The summed E-state index contributed by atoms with van der Waals surface area (Å²) in [6.07, 6.45) is 3.34. The molecule has 0 unspecified atom stereocenters. The molecule has 1 amide bonds. The van der Waals surface area contributed by atoms with Crippen molar-refractivity contribution in [1.29, 1.82) is 0 Å². The molecule has 0 aliphatic carbocycles. The van der Waals surface area contributed by atoms with Crippen molar-refractivity contribution in [3.63, 3.8) is 0 Å². The molecule has 0 fully saturated rings. The topological polar surface area (TPSA) is 116 Å². The molecule has 1 atom stereocenters. The molecule has 204 valence electrons. The molecule has 1 heterocycles. The van der Waals surface area contributed by atoms with E-state index >= 15 is 0 Å². The summed E-state index contributed by atoms with van der Waals surface area (Å²) in [5.74, 6) is -0.281. The largest absolute Gasteiger partial charge is 0.495 e. The number of Topliss-reactive ketones (excluding diaryl/α,β-unsaturated/α-hetero) is 1. The van der Waals surface area contributed by atoms with Crippen LogP contribution in [0.1, 0.15) is 34.5 Å². The molecule has 0 spiro atoms. The molecule has 3 N–H and O–H groups in total. The number of carbonyl (C=O) groups excluding carboxylic acids is 2. The maximum atomic E-state index is 13.7. The van der Waals surface area contributed by atoms with Gasteiger partial charge in [0.25, 0.3) is 5.56 Å². The highest BCUT2D eigenvalue weighted by Gasteiger charge is 2.25. The number of nitrogens with one attached hydrogen (secondary N) is 1. The SMILES string of the molecule is CN=Cc1cc(NC(=O)[C@@H](Cc2ccccc2)n2cc(OC)c(-c3cc(Cl)ccc3C(C)=O)cc2=O)ccc1N. The summed E-state index contributed by atoms with van der Waals surface area (Å²) in [4.78, 5) is 43.7. The summed E-state index contributed by atoms with van der Waals surface area (Å²) in [5.41, 5.74) is 9.39. The first kappa shape index (κ1) is 28.3. The number of pyridine rings is 1. The molecule has 3 aromatic carbocycles. The third-order valence-corrected chi connectivity index (χ3v) is 6.68. The lowest BCUT2D eigenvalue weighted by Crippen LogP contribution is -2.34. The quantitative estimate of drug-likeness (QED) is 0.162. The first-order valence-electron chi connectivity index (χ1n) is 12.5. The summed E-state index contributed by atoms with van der Waals surface area (Å²) in [6.45, 7) is 1.44. The number of benzene rings is 3. The number of hydrogen-bond donors (Lipinski definition) is 2. The lowest BCUT2D eigenvalue weighted by molar-refractivity contribution is -0.119. The van der Waals surface area contributed by atoms with Crippen molar-refractivity contribution >= 4 is 40.9 Å². The Balaban J connectivity index is 1.81. The first-order chi connectivity index (χ1) is 19.2. The van der Waals surface area contributed by atoms with Crippen LogP contribution in [0.25, 0.3) is 11.1 Å². The minimum Gasteiger partial charge on any atom is -0.495 e. The molecule has 8 nitrogen and oxygen atoms in total. The number of anilines is 2.